The first-order chi connectivity index (χ1) is 10.5. The van der Waals surface area contributed by atoms with Gasteiger partial charge in [-0.1, -0.05) is 37.5 Å². The van der Waals surface area contributed by atoms with Crippen LogP contribution in [0.15, 0.2) is 18.2 Å². The molecule has 2 rings (SSSR count). The van der Waals surface area contributed by atoms with E-state index in [-0.39, 0.29) is 11.8 Å². The SMILES string of the molecule is Cc1ccc(C[C@@H](NC(=O)C2CCCCC2)C(N)=O)cc1C. The summed E-state index contributed by atoms with van der Waals surface area (Å²) >= 11 is 0. The number of primary amides is 1. The standard InChI is InChI=1S/C18H26N2O2/c1-12-8-9-14(10-13(12)2)11-16(17(19)21)20-18(22)15-6-4-3-5-7-15/h8-10,15-16H,3-7,11H2,1-2H3,(H2,19,21)(H,20,22)/t16-/m1/s1. The van der Waals surface area contributed by atoms with Crippen molar-refractivity contribution in [3.8, 4) is 0 Å². The largest absolute Gasteiger partial charge is 0.368 e. The van der Waals surface area contributed by atoms with Gasteiger partial charge < -0.3 is 11.1 Å². The molecule has 1 aromatic carbocycles. The summed E-state index contributed by atoms with van der Waals surface area (Å²) in [7, 11) is 0. The van der Waals surface area contributed by atoms with Crippen LogP contribution in [0.25, 0.3) is 0 Å². The molecule has 4 nitrogen and oxygen atoms in total. The molecule has 1 aliphatic carbocycles. The normalized spacial score (nSPS) is 17.0. The van der Waals surface area contributed by atoms with Gasteiger partial charge in [-0.05, 0) is 43.4 Å². The minimum Gasteiger partial charge on any atom is -0.368 e. The van der Waals surface area contributed by atoms with Crippen molar-refractivity contribution in [2.24, 2.45) is 11.7 Å². The van der Waals surface area contributed by atoms with Gasteiger partial charge in [-0.3, -0.25) is 9.59 Å². The van der Waals surface area contributed by atoms with Gasteiger partial charge >= 0.3 is 0 Å². The van der Waals surface area contributed by atoms with E-state index in [2.05, 4.69) is 18.3 Å². The second kappa shape index (κ2) is 7.43. The van der Waals surface area contributed by atoms with Crippen molar-refractivity contribution in [1.29, 1.82) is 0 Å². The van der Waals surface area contributed by atoms with Crippen molar-refractivity contribution >= 4 is 11.8 Å². The number of hydrogen-bond donors (Lipinski definition) is 2. The fourth-order valence-corrected chi connectivity index (χ4v) is 3.04. The zero-order valence-corrected chi connectivity index (χ0v) is 13.5. The Labute approximate surface area is 132 Å². The summed E-state index contributed by atoms with van der Waals surface area (Å²) in [5, 5.41) is 2.86. The molecule has 0 radical (unpaired) electrons. The van der Waals surface area contributed by atoms with E-state index >= 15 is 0 Å². The summed E-state index contributed by atoms with van der Waals surface area (Å²) in [6.07, 6.45) is 5.68. The Bertz CT molecular complexity index is 548. The van der Waals surface area contributed by atoms with E-state index in [0.717, 1.165) is 31.2 Å². The number of carbonyl (C=O) groups excluding carboxylic acids is 2. The molecule has 1 saturated carbocycles. The predicted molar refractivity (Wildman–Crippen MR) is 87.3 cm³/mol. The molecule has 2 amide bonds. The van der Waals surface area contributed by atoms with Gasteiger partial charge in [0.15, 0.2) is 0 Å². The van der Waals surface area contributed by atoms with E-state index in [1.54, 1.807) is 0 Å². The molecule has 1 aliphatic rings. The summed E-state index contributed by atoms with van der Waals surface area (Å²) in [4.78, 5) is 24.0. The van der Waals surface area contributed by atoms with Crippen molar-refractivity contribution in [3.05, 3.63) is 34.9 Å². The number of nitrogens with one attached hydrogen (secondary N) is 1. The number of nitrogens with two attached hydrogens (primary N) is 1. The van der Waals surface area contributed by atoms with Crippen molar-refractivity contribution in [2.45, 2.75) is 58.4 Å². The molecule has 120 valence electrons. The van der Waals surface area contributed by atoms with Crippen LogP contribution in [0.5, 0.6) is 0 Å². The Morgan fingerprint density at radius 1 is 1.18 bits per heavy atom. The van der Waals surface area contributed by atoms with Crippen LogP contribution in [0.2, 0.25) is 0 Å². The Hall–Kier alpha value is -1.84. The van der Waals surface area contributed by atoms with E-state index in [9.17, 15) is 9.59 Å². The lowest BCUT2D eigenvalue weighted by Crippen LogP contribution is -2.48. The molecule has 0 heterocycles. The molecule has 1 fully saturated rings. The minimum atomic E-state index is -0.628. The number of aryl methyl sites for hydroxylation is 2. The molecule has 1 aromatic rings. The van der Waals surface area contributed by atoms with Crippen molar-refractivity contribution in [1.82, 2.24) is 5.32 Å². The van der Waals surface area contributed by atoms with Gasteiger partial charge in [0.1, 0.15) is 6.04 Å². The van der Waals surface area contributed by atoms with Crippen LogP contribution in [0.1, 0.15) is 48.8 Å². The van der Waals surface area contributed by atoms with Crippen LogP contribution >= 0.6 is 0 Å². The maximum Gasteiger partial charge on any atom is 0.240 e. The zero-order valence-electron chi connectivity index (χ0n) is 13.5. The first-order valence-corrected chi connectivity index (χ1v) is 8.13. The summed E-state index contributed by atoms with van der Waals surface area (Å²) in [5.41, 5.74) is 8.89. The average Bonchev–Trinajstić information content (AvgIpc) is 2.51. The van der Waals surface area contributed by atoms with E-state index in [1.165, 1.54) is 17.5 Å². The van der Waals surface area contributed by atoms with Crippen LogP contribution in [-0.2, 0) is 16.0 Å². The zero-order chi connectivity index (χ0) is 16.1. The number of carbonyl (C=O) groups is 2. The average molecular weight is 302 g/mol. The first-order valence-electron chi connectivity index (χ1n) is 8.13. The summed E-state index contributed by atoms with van der Waals surface area (Å²) < 4.78 is 0. The third-order valence-electron chi connectivity index (χ3n) is 4.65. The van der Waals surface area contributed by atoms with Crippen molar-refractivity contribution in [3.63, 3.8) is 0 Å². The van der Waals surface area contributed by atoms with E-state index < -0.39 is 11.9 Å². The molecule has 0 unspecified atom stereocenters. The van der Waals surface area contributed by atoms with Gasteiger partial charge in [-0.15, -0.1) is 0 Å². The fourth-order valence-electron chi connectivity index (χ4n) is 3.04. The maximum atomic E-state index is 12.3. The summed E-state index contributed by atoms with van der Waals surface area (Å²) in [6, 6.07) is 5.45. The van der Waals surface area contributed by atoms with E-state index in [4.69, 9.17) is 5.73 Å². The monoisotopic (exact) mass is 302 g/mol. The predicted octanol–water partition coefficient (Wildman–Crippen LogP) is 2.40. The number of amides is 2. The van der Waals surface area contributed by atoms with Crippen molar-refractivity contribution in [2.75, 3.05) is 0 Å². The smallest absolute Gasteiger partial charge is 0.240 e. The van der Waals surface area contributed by atoms with E-state index in [0.29, 0.717) is 6.42 Å². The Morgan fingerprint density at radius 3 is 2.45 bits per heavy atom. The topological polar surface area (TPSA) is 72.2 Å². The molecule has 0 spiro atoms. The third kappa shape index (κ3) is 4.33. The van der Waals surface area contributed by atoms with Crippen LogP contribution < -0.4 is 11.1 Å². The highest BCUT2D eigenvalue weighted by atomic mass is 16.2. The maximum absolute atomic E-state index is 12.3. The highest BCUT2D eigenvalue weighted by Gasteiger charge is 2.25. The highest BCUT2D eigenvalue weighted by molar-refractivity contribution is 5.87. The van der Waals surface area contributed by atoms with Crippen LogP contribution in [0.3, 0.4) is 0 Å². The van der Waals surface area contributed by atoms with Gasteiger partial charge in [0.05, 0.1) is 0 Å². The van der Waals surface area contributed by atoms with E-state index in [1.807, 2.05) is 19.1 Å². The Balaban J connectivity index is 2.01. The molecule has 0 bridgehead atoms. The first kappa shape index (κ1) is 16.5. The second-order valence-corrected chi connectivity index (χ2v) is 6.42. The molecule has 3 N–H and O–H groups in total. The summed E-state index contributed by atoms with van der Waals surface area (Å²) in [5.74, 6) is -0.454. The van der Waals surface area contributed by atoms with Gasteiger partial charge in [0.25, 0.3) is 0 Å². The number of rotatable bonds is 5. The van der Waals surface area contributed by atoms with Crippen molar-refractivity contribution < 1.29 is 9.59 Å². The molecular formula is C18H26N2O2. The van der Waals surface area contributed by atoms with Crippen LogP contribution in [0, 0.1) is 19.8 Å². The van der Waals surface area contributed by atoms with Crippen LogP contribution in [-0.4, -0.2) is 17.9 Å². The molecule has 22 heavy (non-hydrogen) atoms. The lowest BCUT2D eigenvalue weighted by atomic mass is 9.88. The molecule has 0 aromatic heterocycles. The van der Waals surface area contributed by atoms with Gasteiger partial charge in [0.2, 0.25) is 11.8 Å². The molecule has 1 atom stereocenters. The molecule has 4 heteroatoms. The Kier molecular flexibility index (Phi) is 5.58. The van der Waals surface area contributed by atoms with Gasteiger partial charge in [0, 0.05) is 12.3 Å². The quantitative estimate of drug-likeness (QED) is 0.876. The molecule has 0 saturated heterocycles. The van der Waals surface area contributed by atoms with Gasteiger partial charge in [-0.2, -0.15) is 0 Å². The lowest BCUT2D eigenvalue weighted by molar-refractivity contribution is -0.130. The fraction of sp³-hybridized carbons (Fsp3) is 0.556. The second-order valence-electron chi connectivity index (χ2n) is 6.42. The summed E-state index contributed by atoms with van der Waals surface area (Å²) in [6.45, 7) is 4.09. The minimum absolute atomic E-state index is 0.0210. The highest BCUT2D eigenvalue weighted by Crippen LogP contribution is 2.23. The number of benzene rings is 1. The third-order valence-corrected chi connectivity index (χ3v) is 4.65. The number of hydrogen-bond acceptors (Lipinski definition) is 2. The van der Waals surface area contributed by atoms with Gasteiger partial charge in [-0.25, -0.2) is 0 Å². The molecule has 0 aliphatic heterocycles. The lowest BCUT2D eigenvalue weighted by Gasteiger charge is -2.23. The molecular weight excluding hydrogens is 276 g/mol. The van der Waals surface area contributed by atoms with Crippen LogP contribution in [0.4, 0.5) is 0 Å². The Morgan fingerprint density at radius 2 is 1.86 bits per heavy atom.